The van der Waals surface area contributed by atoms with Crippen LogP contribution in [0.25, 0.3) is 10.8 Å². The predicted octanol–water partition coefficient (Wildman–Crippen LogP) is 2.12. The number of rotatable bonds is 3. The molecule has 0 saturated carbocycles. The van der Waals surface area contributed by atoms with E-state index >= 15 is 0 Å². The molecule has 2 aromatic rings. The Kier molecular flexibility index (Phi) is 5.45. The average Bonchev–Trinajstić information content (AvgIpc) is 2.36. The van der Waals surface area contributed by atoms with Gasteiger partial charge in [0.05, 0.1) is 13.0 Å². The summed E-state index contributed by atoms with van der Waals surface area (Å²) in [6, 6.07) is 11.4. The molecule has 1 N–H and O–H groups in total. The van der Waals surface area contributed by atoms with Gasteiger partial charge in [-0.2, -0.15) is 0 Å². The molecule has 0 heterocycles. The second kappa shape index (κ2) is 6.41. The molecule has 0 aliphatic carbocycles. The molecule has 0 saturated heterocycles. The molecule has 4 heteroatoms. The number of carbonyl (C=O) groups is 1. The number of aliphatic carboxylic acids is 1. The van der Waals surface area contributed by atoms with Crippen molar-refractivity contribution in [3.63, 3.8) is 0 Å². The van der Waals surface area contributed by atoms with E-state index in [-0.39, 0.29) is 37.7 Å². The third-order valence-electron chi connectivity index (χ3n) is 2.94. The Morgan fingerprint density at radius 2 is 1.78 bits per heavy atom. The van der Waals surface area contributed by atoms with Crippen molar-refractivity contribution < 1.29 is 14.6 Å². The van der Waals surface area contributed by atoms with Crippen LogP contribution in [0.4, 0.5) is 0 Å². The van der Waals surface area contributed by atoms with Crippen LogP contribution in [0, 0.1) is 0 Å². The molecule has 2 aromatic carbocycles. The summed E-state index contributed by atoms with van der Waals surface area (Å²) in [5, 5.41) is 11.0. The summed E-state index contributed by atoms with van der Waals surface area (Å²) in [5.74, 6) is -0.490. The third-order valence-corrected chi connectivity index (χ3v) is 2.94. The fraction of sp³-hybridized carbons (Fsp3) is 0.214. The van der Waals surface area contributed by atoms with Gasteiger partial charge in [0.1, 0.15) is 5.75 Å². The van der Waals surface area contributed by atoms with Crippen LogP contribution in [0.3, 0.4) is 0 Å². The van der Waals surface area contributed by atoms with Crippen LogP contribution in [0.15, 0.2) is 36.4 Å². The Hall–Kier alpha value is -0.770. The van der Waals surface area contributed by atoms with Gasteiger partial charge in [-0.1, -0.05) is 24.3 Å². The Morgan fingerprint density at radius 1 is 1.17 bits per heavy atom. The van der Waals surface area contributed by atoms with E-state index in [1.165, 1.54) is 0 Å². The average molecular weight is 272 g/mol. The Labute approximate surface area is 136 Å². The SMILES string of the molecule is COc1ccc2cc([C@H](C)C(=O)O)ccc2c1.[CaH2]. The number of benzene rings is 2. The van der Waals surface area contributed by atoms with Crippen LogP contribution in [0.2, 0.25) is 0 Å². The fourth-order valence-electron chi connectivity index (χ4n) is 1.78. The molecule has 18 heavy (non-hydrogen) atoms. The van der Waals surface area contributed by atoms with Crippen LogP contribution in [0.1, 0.15) is 18.4 Å². The maximum absolute atomic E-state index is 10.9. The van der Waals surface area contributed by atoms with Crippen LogP contribution in [-0.2, 0) is 4.79 Å². The van der Waals surface area contributed by atoms with E-state index in [0.29, 0.717) is 0 Å². The first-order valence-electron chi connectivity index (χ1n) is 5.42. The molecule has 92 valence electrons. The van der Waals surface area contributed by atoms with Gasteiger partial charge < -0.3 is 9.84 Å². The molecule has 0 fully saturated rings. The van der Waals surface area contributed by atoms with E-state index < -0.39 is 11.9 Å². The van der Waals surface area contributed by atoms with Crippen LogP contribution >= 0.6 is 0 Å². The zero-order chi connectivity index (χ0) is 12.4. The Bertz CT molecular complexity index is 566. The van der Waals surface area contributed by atoms with Gasteiger partial charge in [-0.05, 0) is 35.4 Å². The van der Waals surface area contributed by atoms with Crippen molar-refractivity contribution in [2.45, 2.75) is 12.8 Å². The summed E-state index contributed by atoms with van der Waals surface area (Å²) in [7, 11) is 1.63. The van der Waals surface area contributed by atoms with E-state index in [1.807, 2.05) is 36.4 Å². The van der Waals surface area contributed by atoms with Gasteiger partial charge in [-0.15, -0.1) is 0 Å². The monoisotopic (exact) mass is 272 g/mol. The molecule has 0 radical (unpaired) electrons. The molecular formula is C14H16CaO3. The van der Waals surface area contributed by atoms with Crippen molar-refractivity contribution >= 4 is 54.5 Å². The molecule has 1 atom stereocenters. The van der Waals surface area contributed by atoms with Crippen molar-refractivity contribution in [1.82, 2.24) is 0 Å². The van der Waals surface area contributed by atoms with Crippen LogP contribution < -0.4 is 4.74 Å². The summed E-state index contributed by atoms with van der Waals surface area (Å²) < 4.78 is 5.14. The van der Waals surface area contributed by atoms with Crippen molar-refractivity contribution in [2.75, 3.05) is 7.11 Å². The fourth-order valence-corrected chi connectivity index (χ4v) is 1.78. The number of hydrogen-bond acceptors (Lipinski definition) is 2. The molecule has 0 aliphatic heterocycles. The van der Waals surface area contributed by atoms with Gasteiger partial charge in [0.2, 0.25) is 0 Å². The van der Waals surface area contributed by atoms with Crippen molar-refractivity contribution in [1.29, 1.82) is 0 Å². The molecule has 0 amide bonds. The first-order chi connectivity index (χ1) is 8.11. The number of carboxylic acid groups (broad SMARTS) is 1. The van der Waals surface area contributed by atoms with Gasteiger partial charge in [0.15, 0.2) is 0 Å². The van der Waals surface area contributed by atoms with Gasteiger partial charge in [-0.3, -0.25) is 4.79 Å². The first-order valence-corrected chi connectivity index (χ1v) is 5.42. The third kappa shape index (κ3) is 3.16. The number of hydrogen-bond donors (Lipinski definition) is 1. The Balaban J connectivity index is 0.00000162. The van der Waals surface area contributed by atoms with Crippen LogP contribution in [-0.4, -0.2) is 55.9 Å². The maximum atomic E-state index is 10.9. The second-order valence-corrected chi connectivity index (χ2v) is 4.03. The standard InChI is InChI=1S/C14H14O3.Ca.2H/c1-9(14(15)16)10-3-4-12-8-13(17-2)6-5-11(12)7-10;;;/h3-9H,1-2H3,(H,15,16);;;/t9-;;;/m0.../s1. The predicted molar refractivity (Wildman–Crippen MR) is 75.1 cm³/mol. The topological polar surface area (TPSA) is 46.5 Å². The number of fused-ring (bicyclic) bond motifs is 1. The molecular weight excluding hydrogens is 256 g/mol. The number of ether oxygens (including phenoxy) is 1. The Morgan fingerprint density at radius 3 is 2.39 bits per heavy atom. The molecule has 0 spiro atoms. The molecule has 0 aliphatic rings. The summed E-state index contributed by atoms with van der Waals surface area (Å²) in [6.07, 6.45) is 0. The minimum atomic E-state index is -0.808. The van der Waals surface area contributed by atoms with Crippen molar-refractivity contribution in [3.05, 3.63) is 42.0 Å². The van der Waals surface area contributed by atoms with E-state index in [2.05, 4.69) is 0 Å². The number of carboxylic acids is 1. The quantitative estimate of drug-likeness (QED) is 0.871. The second-order valence-electron chi connectivity index (χ2n) is 4.03. The summed E-state index contributed by atoms with van der Waals surface area (Å²) in [6.45, 7) is 1.69. The summed E-state index contributed by atoms with van der Waals surface area (Å²) in [4.78, 5) is 10.9. The molecule has 0 bridgehead atoms. The van der Waals surface area contributed by atoms with E-state index in [9.17, 15) is 4.79 Å². The molecule has 0 aromatic heterocycles. The van der Waals surface area contributed by atoms with E-state index in [4.69, 9.17) is 9.84 Å². The van der Waals surface area contributed by atoms with E-state index in [0.717, 1.165) is 22.1 Å². The zero-order valence-corrected chi connectivity index (χ0v) is 9.81. The van der Waals surface area contributed by atoms with Crippen molar-refractivity contribution in [3.8, 4) is 5.75 Å². The van der Waals surface area contributed by atoms with Crippen LogP contribution in [0.5, 0.6) is 5.75 Å². The van der Waals surface area contributed by atoms with Gasteiger partial charge in [-0.25, -0.2) is 0 Å². The zero-order valence-electron chi connectivity index (χ0n) is 9.81. The van der Waals surface area contributed by atoms with Gasteiger partial charge >= 0.3 is 43.7 Å². The minimum absolute atomic E-state index is 0. The molecule has 0 unspecified atom stereocenters. The number of methoxy groups -OCH3 is 1. The normalized spacial score (nSPS) is 11.7. The summed E-state index contributed by atoms with van der Waals surface area (Å²) in [5.41, 5.74) is 0.815. The van der Waals surface area contributed by atoms with E-state index in [1.54, 1.807) is 14.0 Å². The first kappa shape index (κ1) is 15.3. The molecule has 2 rings (SSSR count). The summed E-state index contributed by atoms with van der Waals surface area (Å²) >= 11 is 0. The molecule has 3 nitrogen and oxygen atoms in total. The van der Waals surface area contributed by atoms with Gasteiger partial charge in [0.25, 0.3) is 0 Å². The van der Waals surface area contributed by atoms with Crippen molar-refractivity contribution in [2.24, 2.45) is 0 Å². The van der Waals surface area contributed by atoms with Gasteiger partial charge in [0, 0.05) is 0 Å².